The predicted octanol–water partition coefficient (Wildman–Crippen LogP) is 5.62. The minimum Gasteiger partial charge on any atom is -0.291 e. The molecule has 0 N–H and O–H groups in total. The Morgan fingerprint density at radius 1 is 0.848 bits per heavy atom. The molecular weight excluding hydrogens is 477 g/mol. The first kappa shape index (κ1) is 21.7. The average molecular weight is 494 g/mol. The maximum Gasteiger partial charge on any atom is 0.261 e. The van der Waals surface area contributed by atoms with Crippen molar-refractivity contribution in [1.82, 2.24) is 24.3 Å². The van der Waals surface area contributed by atoms with E-state index in [4.69, 9.17) is 23.2 Å². The van der Waals surface area contributed by atoms with Gasteiger partial charge in [0.15, 0.2) is 11.0 Å². The number of para-hydroxylation sites is 2. The number of rotatable bonds is 6. The van der Waals surface area contributed by atoms with E-state index in [1.54, 1.807) is 17.0 Å². The Morgan fingerprint density at radius 2 is 1.58 bits per heavy atom. The summed E-state index contributed by atoms with van der Waals surface area (Å²) in [7, 11) is 0. The van der Waals surface area contributed by atoms with Crippen LogP contribution >= 0.6 is 35.0 Å². The molecule has 0 saturated carbocycles. The molecule has 0 aliphatic rings. The van der Waals surface area contributed by atoms with Crippen molar-refractivity contribution < 1.29 is 0 Å². The monoisotopic (exact) mass is 493 g/mol. The lowest BCUT2D eigenvalue weighted by Gasteiger charge is -2.12. The summed E-state index contributed by atoms with van der Waals surface area (Å²) in [6.45, 7) is 0.228. The summed E-state index contributed by atoms with van der Waals surface area (Å²) in [6.07, 6.45) is 1.55. The molecular formula is C24H17Cl2N5OS. The van der Waals surface area contributed by atoms with E-state index in [9.17, 15) is 4.79 Å². The van der Waals surface area contributed by atoms with Crippen molar-refractivity contribution in [3.8, 4) is 5.69 Å². The molecule has 0 fully saturated rings. The molecule has 0 radical (unpaired) electrons. The van der Waals surface area contributed by atoms with Crippen LogP contribution in [0, 0.1) is 0 Å². The van der Waals surface area contributed by atoms with Gasteiger partial charge >= 0.3 is 0 Å². The van der Waals surface area contributed by atoms with Gasteiger partial charge in [0, 0.05) is 21.5 Å². The third kappa shape index (κ3) is 4.39. The average Bonchev–Trinajstić information content (AvgIpc) is 3.23. The highest BCUT2D eigenvalue weighted by molar-refractivity contribution is 7.98. The standard InChI is InChI=1S/C24H17Cl2N5OS/c25-19-10-6-11-20(26)18(19)14-33-24-29-28-22(31(24)16-7-2-1-3-8-16)13-30-15-27-21-12-5-4-9-17(21)23(30)32/h1-12,15H,13-14H2. The van der Waals surface area contributed by atoms with E-state index in [0.717, 1.165) is 11.3 Å². The molecule has 2 heterocycles. The first-order valence-corrected chi connectivity index (χ1v) is 11.9. The van der Waals surface area contributed by atoms with Gasteiger partial charge in [-0.3, -0.25) is 13.9 Å². The van der Waals surface area contributed by atoms with Gasteiger partial charge in [0.2, 0.25) is 0 Å². The topological polar surface area (TPSA) is 65.6 Å². The Morgan fingerprint density at radius 3 is 2.36 bits per heavy atom. The Hall–Kier alpha value is -3.13. The van der Waals surface area contributed by atoms with Crippen LogP contribution in [-0.4, -0.2) is 24.3 Å². The summed E-state index contributed by atoms with van der Waals surface area (Å²) in [5.74, 6) is 1.15. The van der Waals surface area contributed by atoms with Crippen molar-refractivity contribution in [2.45, 2.75) is 17.5 Å². The van der Waals surface area contributed by atoms with E-state index in [2.05, 4.69) is 15.2 Å². The predicted molar refractivity (Wildman–Crippen MR) is 132 cm³/mol. The number of hydrogen-bond acceptors (Lipinski definition) is 5. The zero-order valence-electron chi connectivity index (χ0n) is 17.2. The van der Waals surface area contributed by atoms with Gasteiger partial charge < -0.3 is 0 Å². The van der Waals surface area contributed by atoms with Crippen molar-refractivity contribution in [1.29, 1.82) is 0 Å². The smallest absolute Gasteiger partial charge is 0.261 e. The van der Waals surface area contributed by atoms with Crippen LogP contribution in [0.25, 0.3) is 16.6 Å². The molecule has 6 nitrogen and oxygen atoms in total. The molecule has 0 amide bonds. The lowest BCUT2D eigenvalue weighted by molar-refractivity contribution is 0.685. The van der Waals surface area contributed by atoms with E-state index in [1.807, 2.05) is 71.3 Å². The summed E-state index contributed by atoms with van der Waals surface area (Å²) in [5, 5.41) is 11.3. The zero-order chi connectivity index (χ0) is 22.8. The Bertz CT molecular complexity index is 1480. The SMILES string of the molecule is O=c1c2ccccc2ncn1Cc1nnc(SCc2c(Cl)cccc2Cl)n1-c1ccccc1. The second-order valence-corrected chi connectivity index (χ2v) is 9.01. The van der Waals surface area contributed by atoms with Gasteiger partial charge in [-0.15, -0.1) is 10.2 Å². The first-order valence-electron chi connectivity index (χ1n) is 10.1. The molecule has 2 aromatic heterocycles. The summed E-state index contributed by atoms with van der Waals surface area (Å²) in [5.41, 5.74) is 2.27. The van der Waals surface area contributed by atoms with Gasteiger partial charge in [-0.2, -0.15) is 0 Å². The minimum atomic E-state index is -0.125. The van der Waals surface area contributed by atoms with E-state index in [-0.39, 0.29) is 12.1 Å². The van der Waals surface area contributed by atoms with Crippen LogP contribution in [-0.2, 0) is 12.3 Å². The highest BCUT2D eigenvalue weighted by Gasteiger charge is 2.17. The Kier molecular flexibility index (Phi) is 6.17. The number of halogens is 2. The highest BCUT2D eigenvalue weighted by atomic mass is 35.5. The molecule has 5 rings (SSSR count). The van der Waals surface area contributed by atoms with Crippen LogP contribution in [0.4, 0.5) is 0 Å². The highest BCUT2D eigenvalue weighted by Crippen LogP contribution is 2.32. The summed E-state index contributed by atoms with van der Waals surface area (Å²) >= 11 is 14.2. The molecule has 164 valence electrons. The van der Waals surface area contributed by atoms with Crippen LogP contribution in [0.5, 0.6) is 0 Å². The van der Waals surface area contributed by atoms with Crippen molar-refractivity contribution >= 4 is 45.9 Å². The second kappa shape index (κ2) is 9.39. The maximum atomic E-state index is 13.0. The van der Waals surface area contributed by atoms with Crippen molar-refractivity contribution in [3.63, 3.8) is 0 Å². The number of benzene rings is 3. The zero-order valence-corrected chi connectivity index (χ0v) is 19.6. The lowest BCUT2D eigenvalue weighted by Crippen LogP contribution is -2.22. The molecule has 0 aliphatic heterocycles. The fourth-order valence-corrected chi connectivity index (χ4v) is 5.22. The minimum absolute atomic E-state index is 0.125. The first-order chi connectivity index (χ1) is 16.1. The van der Waals surface area contributed by atoms with E-state index < -0.39 is 0 Å². The van der Waals surface area contributed by atoms with Gasteiger partial charge in [-0.25, -0.2) is 4.98 Å². The lowest BCUT2D eigenvalue weighted by atomic mass is 10.2. The fraction of sp³-hybridized carbons (Fsp3) is 0.0833. The van der Waals surface area contributed by atoms with Gasteiger partial charge in [-0.1, -0.05) is 71.4 Å². The number of nitrogens with zero attached hydrogens (tertiary/aromatic N) is 5. The van der Waals surface area contributed by atoms with Crippen LogP contribution in [0.15, 0.2) is 89.1 Å². The van der Waals surface area contributed by atoms with Gasteiger partial charge in [-0.05, 0) is 42.0 Å². The fourth-order valence-electron chi connectivity index (χ4n) is 3.51. The molecule has 0 spiro atoms. The number of aromatic nitrogens is 5. The van der Waals surface area contributed by atoms with E-state index >= 15 is 0 Å². The van der Waals surface area contributed by atoms with Crippen LogP contribution in [0.3, 0.4) is 0 Å². The molecule has 5 aromatic rings. The van der Waals surface area contributed by atoms with Gasteiger partial charge in [0.05, 0.1) is 23.8 Å². The molecule has 0 unspecified atom stereocenters. The second-order valence-electron chi connectivity index (χ2n) is 7.25. The number of fused-ring (bicyclic) bond motifs is 1. The van der Waals surface area contributed by atoms with E-state index in [1.165, 1.54) is 11.8 Å². The Balaban J connectivity index is 1.53. The Labute approximate surface area is 203 Å². The quantitative estimate of drug-likeness (QED) is 0.287. The normalized spacial score (nSPS) is 11.2. The summed E-state index contributed by atoms with van der Waals surface area (Å²) < 4.78 is 3.49. The molecule has 0 bridgehead atoms. The molecule has 33 heavy (non-hydrogen) atoms. The van der Waals surface area contributed by atoms with E-state index in [0.29, 0.717) is 37.7 Å². The molecule has 9 heteroatoms. The summed E-state index contributed by atoms with van der Waals surface area (Å²) in [4.78, 5) is 17.4. The van der Waals surface area contributed by atoms with Gasteiger partial charge in [0.25, 0.3) is 5.56 Å². The van der Waals surface area contributed by atoms with Gasteiger partial charge in [0.1, 0.15) is 0 Å². The molecule has 0 aliphatic carbocycles. The maximum absolute atomic E-state index is 13.0. The van der Waals surface area contributed by atoms with Crippen LogP contribution < -0.4 is 5.56 Å². The number of hydrogen-bond donors (Lipinski definition) is 0. The third-order valence-electron chi connectivity index (χ3n) is 5.17. The number of thioether (sulfide) groups is 1. The van der Waals surface area contributed by atoms with Crippen molar-refractivity contribution in [3.05, 3.63) is 111 Å². The molecule has 0 atom stereocenters. The van der Waals surface area contributed by atoms with Crippen LogP contribution in [0.2, 0.25) is 10.0 Å². The molecule has 3 aromatic carbocycles. The van der Waals surface area contributed by atoms with Crippen molar-refractivity contribution in [2.75, 3.05) is 0 Å². The molecule has 0 saturated heterocycles. The largest absolute Gasteiger partial charge is 0.291 e. The summed E-state index contributed by atoms with van der Waals surface area (Å²) in [6, 6.07) is 22.5. The third-order valence-corrected chi connectivity index (χ3v) is 6.83. The van der Waals surface area contributed by atoms with Crippen LogP contribution in [0.1, 0.15) is 11.4 Å². The van der Waals surface area contributed by atoms with Crippen molar-refractivity contribution in [2.24, 2.45) is 0 Å².